The first-order valence-electron chi connectivity index (χ1n) is 8.42. The molecule has 0 aliphatic heterocycles. The molecule has 0 atom stereocenters. The number of carbonyl (C=O) groups is 1. The molecule has 2 aromatic rings. The molecule has 27 heavy (non-hydrogen) atoms. The summed E-state index contributed by atoms with van der Waals surface area (Å²) in [5.74, 6) is -1.02. The van der Waals surface area contributed by atoms with E-state index in [2.05, 4.69) is 11.6 Å². The maximum Gasteiger partial charge on any atom is 0.405 e. The average molecular weight is 417 g/mol. The van der Waals surface area contributed by atoms with Crippen LogP contribution in [0.4, 0.5) is 13.2 Å². The van der Waals surface area contributed by atoms with Crippen LogP contribution in [0, 0.1) is 0 Å². The fourth-order valence-corrected chi connectivity index (χ4v) is 5.14. The third-order valence-corrected chi connectivity index (χ3v) is 6.33. The Morgan fingerprint density at radius 2 is 2.11 bits per heavy atom. The largest absolute Gasteiger partial charge is 0.405 e. The number of thiophene rings is 1. The zero-order chi connectivity index (χ0) is 19.6. The van der Waals surface area contributed by atoms with Crippen LogP contribution in [0.2, 0.25) is 0 Å². The van der Waals surface area contributed by atoms with Gasteiger partial charge in [-0.05, 0) is 31.2 Å². The van der Waals surface area contributed by atoms with E-state index in [-0.39, 0.29) is 17.9 Å². The molecule has 10 heteroatoms. The number of nitrogens with zero attached hydrogens (tertiary/aromatic N) is 2. The molecular weight excluding hydrogens is 399 g/mol. The minimum Gasteiger partial charge on any atom is -0.346 e. The Morgan fingerprint density at radius 3 is 2.81 bits per heavy atom. The van der Waals surface area contributed by atoms with Gasteiger partial charge in [-0.1, -0.05) is 17.8 Å². The fraction of sp³-hybridized carbons (Fsp3) is 0.471. The number of hydrogen-bond acceptors (Lipinski definition) is 5. The molecule has 1 aliphatic carbocycles. The predicted octanol–water partition coefficient (Wildman–Crippen LogP) is 3.29. The van der Waals surface area contributed by atoms with Crippen LogP contribution in [-0.4, -0.2) is 33.9 Å². The Hall–Kier alpha value is -1.81. The molecule has 2 aromatic heterocycles. The van der Waals surface area contributed by atoms with Gasteiger partial charge in [-0.15, -0.1) is 17.9 Å². The summed E-state index contributed by atoms with van der Waals surface area (Å²) in [4.78, 5) is 31.0. The standard InChI is InChI=1S/C17H18F3N3O2S2/c1-2-7-23-15(25)13-10-5-3-4-6-11(10)27-14(13)22-16(23)26-8-12(24)21-9-17(18,19)20/h2H,1,3-9H2,(H,21,24). The quantitative estimate of drug-likeness (QED) is 0.445. The van der Waals surface area contributed by atoms with Crippen LogP contribution < -0.4 is 10.9 Å². The molecule has 0 radical (unpaired) electrons. The third-order valence-electron chi connectivity index (χ3n) is 4.17. The lowest BCUT2D eigenvalue weighted by atomic mass is 9.97. The highest BCUT2D eigenvalue weighted by Crippen LogP contribution is 2.34. The number of hydrogen-bond donors (Lipinski definition) is 1. The average Bonchev–Trinajstić information content (AvgIpc) is 2.98. The first-order chi connectivity index (χ1) is 12.8. The Labute approximate surface area is 161 Å². The molecular formula is C17H18F3N3O2S2. The van der Waals surface area contributed by atoms with E-state index in [1.807, 2.05) is 5.32 Å². The maximum atomic E-state index is 13.0. The maximum absolute atomic E-state index is 13.0. The number of halogens is 3. The lowest BCUT2D eigenvalue weighted by molar-refractivity contribution is -0.136. The van der Waals surface area contributed by atoms with Gasteiger partial charge in [-0.25, -0.2) is 4.98 Å². The van der Waals surface area contributed by atoms with Crippen molar-refractivity contribution in [3.05, 3.63) is 33.4 Å². The van der Waals surface area contributed by atoms with Crippen molar-refractivity contribution in [1.29, 1.82) is 0 Å². The molecule has 146 valence electrons. The lowest BCUT2D eigenvalue weighted by Gasteiger charge is -2.12. The van der Waals surface area contributed by atoms with Gasteiger partial charge in [0, 0.05) is 11.4 Å². The van der Waals surface area contributed by atoms with Gasteiger partial charge in [0.1, 0.15) is 11.4 Å². The molecule has 0 aromatic carbocycles. The number of aryl methyl sites for hydroxylation is 2. The number of allylic oxidation sites excluding steroid dienone is 1. The van der Waals surface area contributed by atoms with Gasteiger partial charge in [-0.3, -0.25) is 14.2 Å². The van der Waals surface area contributed by atoms with Crippen molar-refractivity contribution in [3.63, 3.8) is 0 Å². The molecule has 5 nitrogen and oxygen atoms in total. The topological polar surface area (TPSA) is 64.0 Å². The van der Waals surface area contributed by atoms with Crippen LogP contribution in [-0.2, 0) is 24.2 Å². The van der Waals surface area contributed by atoms with Crippen LogP contribution >= 0.6 is 23.1 Å². The highest BCUT2D eigenvalue weighted by atomic mass is 32.2. The first kappa shape index (κ1) is 19.9. The molecule has 0 saturated carbocycles. The van der Waals surface area contributed by atoms with Crippen molar-refractivity contribution >= 4 is 39.2 Å². The van der Waals surface area contributed by atoms with Gasteiger partial charge < -0.3 is 5.32 Å². The van der Waals surface area contributed by atoms with E-state index >= 15 is 0 Å². The highest BCUT2D eigenvalue weighted by molar-refractivity contribution is 7.99. The summed E-state index contributed by atoms with van der Waals surface area (Å²) in [6.07, 6.45) is 1.00. The van der Waals surface area contributed by atoms with E-state index in [4.69, 9.17) is 0 Å². The zero-order valence-corrected chi connectivity index (χ0v) is 16.0. The minimum absolute atomic E-state index is 0.183. The summed E-state index contributed by atoms with van der Waals surface area (Å²) >= 11 is 2.44. The van der Waals surface area contributed by atoms with Gasteiger partial charge in [0.25, 0.3) is 5.56 Å². The van der Waals surface area contributed by atoms with Crippen LogP contribution in [0.25, 0.3) is 10.2 Å². The van der Waals surface area contributed by atoms with Crippen LogP contribution in [0.15, 0.2) is 22.6 Å². The smallest absolute Gasteiger partial charge is 0.346 e. The normalized spacial score (nSPS) is 14.2. The number of nitrogens with one attached hydrogen (secondary N) is 1. The first-order valence-corrected chi connectivity index (χ1v) is 10.2. The molecule has 0 unspecified atom stereocenters. The molecule has 1 amide bonds. The number of aromatic nitrogens is 2. The number of carbonyl (C=O) groups excluding carboxylic acids is 1. The highest BCUT2D eigenvalue weighted by Gasteiger charge is 2.28. The van der Waals surface area contributed by atoms with Crippen molar-refractivity contribution in [3.8, 4) is 0 Å². The molecule has 0 bridgehead atoms. The monoisotopic (exact) mass is 417 g/mol. The van der Waals surface area contributed by atoms with E-state index in [0.717, 1.165) is 43.0 Å². The Balaban J connectivity index is 1.88. The van der Waals surface area contributed by atoms with Crippen LogP contribution in [0.5, 0.6) is 0 Å². The Bertz CT molecular complexity index is 934. The van der Waals surface area contributed by atoms with Gasteiger partial charge >= 0.3 is 6.18 Å². The van der Waals surface area contributed by atoms with E-state index in [1.165, 1.54) is 20.8 Å². The summed E-state index contributed by atoms with van der Waals surface area (Å²) < 4.78 is 38.0. The van der Waals surface area contributed by atoms with Crippen molar-refractivity contribution < 1.29 is 18.0 Å². The Morgan fingerprint density at radius 1 is 1.37 bits per heavy atom. The van der Waals surface area contributed by atoms with E-state index in [0.29, 0.717) is 15.4 Å². The summed E-state index contributed by atoms with van der Waals surface area (Å²) in [5.41, 5.74) is 0.883. The lowest BCUT2D eigenvalue weighted by Crippen LogP contribution is -2.35. The molecule has 0 fully saturated rings. The molecule has 0 saturated heterocycles. The molecule has 0 spiro atoms. The van der Waals surface area contributed by atoms with Gasteiger partial charge in [0.05, 0.1) is 11.1 Å². The molecule has 2 heterocycles. The van der Waals surface area contributed by atoms with Crippen LogP contribution in [0.3, 0.4) is 0 Å². The van der Waals surface area contributed by atoms with Gasteiger partial charge in [0.2, 0.25) is 5.91 Å². The van der Waals surface area contributed by atoms with Crippen molar-refractivity contribution in [1.82, 2.24) is 14.9 Å². The predicted molar refractivity (Wildman–Crippen MR) is 101 cm³/mol. The summed E-state index contributed by atoms with van der Waals surface area (Å²) in [5, 5.41) is 2.76. The Kier molecular flexibility index (Phi) is 5.95. The van der Waals surface area contributed by atoms with Crippen molar-refractivity contribution in [2.45, 2.75) is 43.6 Å². The van der Waals surface area contributed by atoms with Crippen LogP contribution in [0.1, 0.15) is 23.3 Å². The number of alkyl halides is 3. The summed E-state index contributed by atoms with van der Waals surface area (Å²) in [6.45, 7) is 2.49. The van der Waals surface area contributed by atoms with E-state index in [9.17, 15) is 22.8 Å². The second-order valence-electron chi connectivity index (χ2n) is 6.17. The second-order valence-corrected chi connectivity index (χ2v) is 8.20. The SMILES string of the molecule is C=CCn1c(SCC(=O)NCC(F)(F)F)nc2sc3c(c2c1=O)CCCC3. The third kappa shape index (κ3) is 4.55. The van der Waals surface area contributed by atoms with E-state index in [1.54, 1.807) is 6.08 Å². The molecule has 1 N–H and O–H groups in total. The number of amides is 1. The minimum atomic E-state index is -4.46. The number of thioether (sulfide) groups is 1. The molecule has 1 aliphatic rings. The van der Waals surface area contributed by atoms with Gasteiger partial charge in [-0.2, -0.15) is 13.2 Å². The van der Waals surface area contributed by atoms with Crippen molar-refractivity contribution in [2.24, 2.45) is 0 Å². The summed E-state index contributed by atoms with van der Waals surface area (Å²) in [6, 6.07) is 0. The van der Waals surface area contributed by atoms with Gasteiger partial charge in [0.15, 0.2) is 5.16 Å². The summed E-state index contributed by atoms with van der Waals surface area (Å²) in [7, 11) is 0. The van der Waals surface area contributed by atoms with E-state index < -0.39 is 18.6 Å². The second kappa shape index (κ2) is 8.05. The number of rotatable bonds is 6. The zero-order valence-electron chi connectivity index (χ0n) is 14.4. The van der Waals surface area contributed by atoms with Crippen molar-refractivity contribution in [2.75, 3.05) is 12.3 Å². The molecule has 3 rings (SSSR count). The number of fused-ring (bicyclic) bond motifs is 3. The fourth-order valence-electron chi connectivity index (χ4n) is 3.00.